The molecule has 1 unspecified atom stereocenters. The van der Waals surface area contributed by atoms with Gasteiger partial charge in [0.25, 0.3) is 5.91 Å². The maximum atomic E-state index is 14.1. The van der Waals surface area contributed by atoms with Gasteiger partial charge in [-0.15, -0.1) is 0 Å². The molecule has 0 saturated carbocycles. The van der Waals surface area contributed by atoms with Crippen LogP contribution in [0.4, 0.5) is 10.1 Å². The first-order chi connectivity index (χ1) is 15.1. The molecule has 32 heavy (non-hydrogen) atoms. The summed E-state index contributed by atoms with van der Waals surface area (Å²) in [6, 6.07) is 7.69. The number of aliphatic hydroxyl groups excluding tert-OH is 1. The average Bonchev–Trinajstić information content (AvgIpc) is 3.28. The molecule has 2 aromatic heterocycles. The van der Waals surface area contributed by atoms with E-state index in [-0.39, 0.29) is 24.7 Å². The number of halogens is 1. The molecule has 0 radical (unpaired) electrons. The molecule has 9 heteroatoms. The minimum atomic E-state index is -0.894. The summed E-state index contributed by atoms with van der Waals surface area (Å²) < 4.78 is 15.7. The van der Waals surface area contributed by atoms with Crippen LogP contribution in [-0.2, 0) is 18.4 Å². The third kappa shape index (κ3) is 4.11. The lowest BCUT2D eigenvalue weighted by Gasteiger charge is -2.20. The second-order valence-corrected chi connectivity index (χ2v) is 8.49. The molecular formula is C23H24FN5O3. The first-order valence-electron chi connectivity index (χ1n) is 10.2. The summed E-state index contributed by atoms with van der Waals surface area (Å²) in [6.45, 7) is 3.63. The number of carbonyl (C=O) groups is 2. The molecule has 0 bridgehead atoms. The predicted octanol–water partition coefficient (Wildman–Crippen LogP) is 2.28. The number of benzene rings is 1. The highest BCUT2D eigenvalue weighted by Crippen LogP contribution is 2.34. The summed E-state index contributed by atoms with van der Waals surface area (Å²) in [5.41, 5.74) is 1.75. The Labute approximate surface area is 184 Å². The molecule has 166 valence electrons. The van der Waals surface area contributed by atoms with Crippen LogP contribution in [0.25, 0.3) is 11.1 Å². The van der Waals surface area contributed by atoms with Crippen LogP contribution in [0.15, 0.2) is 48.9 Å². The SMILES string of the molecule is Cn1cc(-c2cc(F)cc(CNC(=O)c3cc(N4CC(O)C(C)(C)C4=O)ccn3)c2)cn1. The quantitative estimate of drug-likeness (QED) is 0.638. The van der Waals surface area contributed by atoms with E-state index in [9.17, 15) is 19.1 Å². The highest BCUT2D eigenvalue weighted by molar-refractivity contribution is 6.01. The van der Waals surface area contributed by atoms with E-state index in [1.54, 1.807) is 50.1 Å². The van der Waals surface area contributed by atoms with E-state index in [2.05, 4.69) is 15.4 Å². The number of anilines is 1. The van der Waals surface area contributed by atoms with Gasteiger partial charge in [-0.05, 0) is 55.3 Å². The van der Waals surface area contributed by atoms with E-state index >= 15 is 0 Å². The maximum Gasteiger partial charge on any atom is 0.270 e. The number of carbonyl (C=O) groups excluding carboxylic acids is 2. The lowest BCUT2D eigenvalue weighted by molar-refractivity contribution is -0.126. The molecule has 0 aliphatic carbocycles. The molecule has 1 atom stereocenters. The van der Waals surface area contributed by atoms with E-state index in [0.717, 1.165) is 5.56 Å². The Hall–Kier alpha value is -3.59. The minimum Gasteiger partial charge on any atom is -0.390 e. The van der Waals surface area contributed by atoms with Crippen molar-refractivity contribution in [1.29, 1.82) is 0 Å². The first kappa shape index (κ1) is 21.6. The number of aromatic nitrogens is 3. The highest BCUT2D eigenvalue weighted by atomic mass is 19.1. The van der Waals surface area contributed by atoms with Crippen molar-refractivity contribution >= 4 is 17.5 Å². The van der Waals surface area contributed by atoms with Gasteiger partial charge in [-0.2, -0.15) is 5.10 Å². The number of amides is 2. The summed E-state index contributed by atoms with van der Waals surface area (Å²) in [5, 5.41) is 17.0. The summed E-state index contributed by atoms with van der Waals surface area (Å²) in [6.07, 6.45) is 4.06. The Kier molecular flexibility index (Phi) is 5.52. The van der Waals surface area contributed by atoms with Gasteiger partial charge in [-0.1, -0.05) is 0 Å². The molecule has 1 aliphatic heterocycles. The Balaban J connectivity index is 1.48. The van der Waals surface area contributed by atoms with Crippen molar-refractivity contribution in [3.63, 3.8) is 0 Å². The van der Waals surface area contributed by atoms with Crippen LogP contribution in [0, 0.1) is 11.2 Å². The van der Waals surface area contributed by atoms with Gasteiger partial charge in [-0.25, -0.2) is 4.39 Å². The van der Waals surface area contributed by atoms with Crippen LogP contribution < -0.4 is 10.2 Å². The predicted molar refractivity (Wildman–Crippen MR) is 116 cm³/mol. The number of rotatable bonds is 5. The third-order valence-corrected chi connectivity index (χ3v) is 5.72. The molecular weight excluding hydrogens is 413 g/mol. The van der Waals surface area contributed by atoms with Gasteiger partial charge in [0.05, 0.1) is 24.3 Å². The molecule has 3 heterocycles. The topological polar surface area (TPSA) is 100 Å². The molecule has 0 spiro atoms. The van der Waals surface area contributed by atoms with E-state index in [4.69, 9.17) is 0 Å². The normalized spacial score (nSPS) is 17.6. The Morgan fingerprint density at radius 1 is 1.28 bits per heavy atom. The molecule has 1 aliphatic rings. The van der Waals surface area contributed by atoms with Crippen LogP contribution in [0.1, 0.15) is 29.9 Å². The lowest BCUT2D eigenvalue weighted by atomic mass is 9.89. The molecule has 2 amide bonds. The largest absolute Gasteiger partial charge is 0.390 e. The highest BCUT2D eigenvalue weighted by Gasteiger charge is 2.47. The fourth-order valence-corrected chi connectivity index (χ4v) is 3.67. The van der Waals surface area contributed by atoms with Crippen LogP contribution in [-0.4, -0.2) is 44.3 Å². The van der Waals surface area contributed by atoms with Gasteiger partial charge in [0.2, 0.25) is 5.91 Å². The Bertz CT molecular complexity index is 1190. The van der Waals surface area contributed by atoms with Gasteiger partial charge in [-0.3, -0.25) is 19.3 Å². The van der Waals surface area contributed by atoms with E-state index < -0.39 is 23.2 Å². The summed E-state index contributed by atoms with van der Waals surface area (Å²) in [4.78, 5) is 30.8. The zero-order chi connectivity index (χ0) is 23.0. The third-order valence-electron chi connectivity index (χ3n) is 5.72. The van der Waals surface area contributed by atoms with Crippen LogP contribution in [0.3, 0.4) is 0 Å². The van der Waals surface area contributed by atoms with Gasteiger partial charge < -0.3 is 15.3 Å². The summed E-state index contributed by atoms with van der Waals surface area (Å²) in [5.74, 6) is -1.08. The number of aliphatic hydroxyl groups is 1. The van der Waals surface area contributed by atoms with Crippen LogP contribution in [0.2, 0.25) is 0 Å². The van der Waals surface area contributed by atoms with E-state index in [1.807, 2.05) is 0 Å². The van der Waals surface area contributed by atoms with Crippen molar-refractivity contribution in [2.75, 3.05) is 11.4 Å². The number of pyridine rings is 1. The zero-order valence-corrected chi connectivity index (χ0v) is 18.0. The van der Waals surface area contributed by atoms with E-state index in [1.165, 1.54) is 29.3 Å². The summed E-state index contributed by atoms with van der Waals surface area (Å²) in [7, 11) is 1.78. The minimum absolute atomic E-state index is 0.101. The lowest BCUT2D eigenvalue weighted by Crippen LogP contribution is -2.33. The first-order valence-corrected chi connectivity index (χ1v) is 10.2. The average molecular weight is 437 g/mol. The van der Waals surface area contributed by atoms with Crippen molar-refractivity contribution in [2.45, 2.75) is 26.5 Å². The smallest absolute Gasteiger partial charge is 0.270 e. The van der Waals surface area contributed by atoms with E-state index in [0.29, 0.717) is 16.8 Å². The van der Waals surface area contributed by atoms with Gasteiger partial charge >= 0.3 is 0 Å². The standard InChI is InChI=1S/C23H24FN5O3/c1-23(2)20(30)13-29(22(23)32)18-4-5-25-19(9-18)21(31)26-10-14-6-15(8-17(24)7-14)16-11-27-28(3)12-16/h4-9,11-12,20,30H,10,13H2,1-3H3,(H,26,31). The molecule has 1 saturated heterocycles. The number of aryl methyl sites for hydroxylation is 1. The number of nitrogens with zero attached hydrogens (tertiary/aromatic N) is 4. The molecule has 8 nitrogen and oxygen atoms in total. The van der Waals surface area contributed by atoms with Crippen molar-refractivity contribution in [2.24, 2.45) is 12.5 Å². The maximum absolute atomic E-state index is 14.1. The van der Waals surface area contributed by atoms with Crippen molar-refractivity contribution in [3.8, 4) is 11.1 Å². The molecule has 3 aromatic rings. The van der Waals surface area contributed by atoms with Gasteiger partial charge in [0.1, 0.15) is 11.5 Å². The van der Waals surface area contributed by atoms with Crippen molar-refractivity contribution < 1.29 is 19.1 Å². The monoisotopic (exact) mass is 437 g/mol. The Morgan fingerprint density at radius 2 is 2.06 bits per heavy atom. The van der Waals surface area contributed by atoms with Crippen molar-refractivity contribution in [3.05, 3.63) is 66.0 Å². The molecule has 4 rings (SSSR count). The summed E-state index contributed by atoms with van der Waals surface area (Å²) >= 11 is 0. The fraction of sp³-hybridized carbons (Fsp3) is 0.304. The number of nitrogens with one attached hydrogen (secondary N) is 1. The molecule has 1 fully saturated rings. The second-order valence-electron chi connectivity index (χ2n) is 8.49. The fourth-order valence-electron chi connectivity index (χ4n) is 3.67. The van der Waals surface area contributed by atoms with Crippen molar-refractivity contribution in [1.82, 2.24) is 20.1 Å². The number of hydrogen-bond donors (Lipinski definition) is 2. The molecule has 1 aromatic carbocycles. The second kappa shape index (κ2) is 8.16. The van der Waals surface area contributed by atoms with Crippen LogP contribution in [0.5, 0.6) is 0 Å². The number of β-amino-alcohol motifs (C(OH)–C–C–N with tert-alkyl or cyclic N) is 1. The number of hydrogen-bond acceptors (Lipinski definition) is 5. The molecule has 2 N–H and O–H groups in total. The van der Waals surface area contributed by atoms with Crippen LogP contribution >= 0.6 is 0 Å². The van der Waals surface area contributed by atoms with Gasteiger partial charge in [0.15, 0.2) is 0 Å². The Morgan fingerprint density at radius 3 is 2.72 bits per heavy atom. The van der Waals surface area contributed by atoms with Gasteiger partial charge in [0, 0.05) is 37.2 Å². The zero-order valence-electron chi connectivity index (χ0n) is 18.0.